The molecule has 0 amide bonds. The van der Waals surface area contributed by atoms with Gasteiger partial charge in [0.15, 0.2) is 11.6 Å². The van der Waals surface area contributed by atoms with Crippen LogP contribution in [-0.4, -0.2) is 6.61 Å². The van der Waals surface area contributed by atoms with Crippen LogP contribution in [-0.2, 0) is 6.61 Å². The zero-order chi connectivity index (χ0) is 26.2. The van der Waals surface area contributed by atoms with E-state index in [1.54, 1.807) is 54.6 Å². The van der Waals surface area contributed by atoms with Crippen molar-refractivity contribution in [3.63, 3.8) is 0 Å². The normalized spacial score (nSPS) is 10.9. The molecule has 0 spiro atoms. The van der Waals surface area contributed by atoms with Crippen molar-refractivity contribution in [1.29, 1.82) is 0 Å². The quantitative estimate of drug-likeness (QED) is 0.190. The van der Waals surface area contributed by atoms with Crippen LogP contribution in [0.15, 0.2) is 78.9 Å². The Balaban J connectivity index is 1.37. The van der Waals surface area contributed by atoms with Gasteiger partial charge in [0.05, 0.1) is 6.61 Å². The molecular weight excluding hydrogens is 473 g/mol. The van der Waals surface area contributed by atoms with Crippen LogP contribution in [0.25, 0.3) is 22.3 Å². The molecule has 4 rings (SSSR count). The van der Waals surface area contributed by atoms with E-state index >= 15 is 0 Å². The fourth-order valence-corrected chi connectivity index (χ4v) is 4.09. The Labute approximate surface area is 216 Å². The summed E-state index contributed by atoms with van der Waals surface area (Å²) in [5.41, 5.74) is 3.12. The van der Waals surface area contributed by atoms with Gasteiger partial charge in [0.25, 0.3) is 0 Å². The molecule has 0 fully saturated rings. The Morgan fingerprint density at radius 3 is 1.97 bits per heavy atom. The van der Waals surface area contributed by atoms with Gasteiger partial charge < -0.3 is 9.47 Å². The lowest BCUT2D eigenvalue weighted by Gasteiger charge is -2.12. The fourth-order valence-electron chi connectivity index (χ4n) is 4.09. The van der Waals surface area contributed by atoms with Crippen molar-refractivity contribution < 1.29 is 22.6 Å². The van der Waals surface area contributed by atoms with Crippen LogP contribution in [0.3, 0.4) is 0 Å². The van der Waals surface area contributed by atoms with E-state index in [0.29, 0.717) is 34.8 Å². The molecule has 0 radical (unpaired) electrons. The third kappa shape index (κ3) is 6.73. The van der Waals surface area contributed by atoms with Crippen LogP contribution in [0.5, 0.6) is 11.5 Å². The summed E-state index contributed by atoms with van der Waals surface area (Å²) in [4.78, 5) is 0. The Kier molecular flexibility index (Phi) is 8.89. The Morgan fingerprint density at radius 1 is 0.622 bits per heavy atom. The molecule has 0 aliphatic heterocycles. The molecule has 0 saturated carbocycles. The maximum Gasteiger partial charge on any atom is 0.167 e. The highest BCUT2D eigenvalue weighted by atomic mass is 19.2. The average Bonchev–Trinajstić information content (AvgIpc) is 2.91. The maximum atomic E-state index is 14.7. The van der Waals surface area contributed by atoms with Gasteiger partial charge in [-0.2, -0.15) is 0 Å². The van der Waals surface area contributed by atoms with Gasteiger partial charge in [0.2, 0.25) is 0 Å². The number of unbranched alkanes of at least 4 members (excludes halogenated alkanes) is 3. The molecule has 2 nitrogen and oxygen atoms in total. The summed E-state index contributed by atoms with van der Waals surface area (Å²) >= 11 is 0. The van der Waals surface area contributed by atoms with Gasteiger partial charge in [-0.15, -0.1) is 0 Å². The van der Waals surface area contributed by atoms with Gasteiger partial charge in [-0.05, 0) is 48.7 Å². The molecular formula is C32H31F3O2. The van der Waals surface area contributed by atoms with Crippen LogP contribution in [0.2, 0.25) is 0 Å². The van der Waals surface area contributed by atoms with Crippen molar-refractivity contribution in [3.8, 4) is 33.8 Å². The molecule has 4 aromatic carbocycles. The molecule has 192 valence electrons. The molecule has 0 aromatic heterocycles. The lowest BCUT2D eigenvalue weighted by Crippen LogP contribution is -2.02. The summed E-state index contributed by atoms with van der Waals surface area (Å²) in [6, 6.07) is 22.0. The Bertz CT molecular complexity index is 1320. The van der Waals surface area contributed by atoms with E-state index in [2.05, 4.69) is 6.92 Å². The van der Waals surface area contributed by atoms with E-state index in [-0.39, 0.29) is 23.6 Å². The fraction of sp³-hybridized carbons (Fsp3) is 0.250. The van der Waals surface area contributed by atoms with Crippen LogP contribution in [0, 0.1) is 24.4 Å². The van der Waals surface area contributed by atoms with Gasteiger partial charge in [0.1, 0.15) is 23.9 Å². The van der Waals surface area contributed by atoms with E-state index in [4.69, 9.17) is 9.47 Å². The van der Waals surface area contributed by atoms with Crippen molar-refractivity contribution in [2.45, 2.75) is 46.1 Å². The van der Waals surface area contributed by atoms with Gasteiger partial charge in [-0.1, -0.05) is 80.3 Å². The zero-order valence-corrected chi connectivity index (χ0v) is 21.2. The molecule has 5 heteroatoms. The first-order chi connectivity index (χ1) is 18.0. The highest BCUT2D eigenvalue weighted by Gasteiger charge is 2.15. The third-order valence-corrected chi connectivity index (χ3v) is 6.29. The minimum Gasteiger partial charge on any atom is -0.493 e. The third-order valence-electron chi connectivity index (χ3n) is 6.29. The zero-order valence-electron chi connectivity index (χ0n) is 21.2. The average molecular weight is 505 g/mol. The summed E-state index contributed by atoms with van der Waals surface area (Å²) in [6.45, 7) is 4.53. The summed E-state index contributed by atoms with van der Waals surface area (Å²) < 4.78 is 55.5. The van der Waals surface area contributed by atoms with Crippen molar-refractivity contribution in [2.24, 2.45) is 0 Å². The predicted molar refractivity (Wildman–Crippen MR) is 142 cm³/mol. The van der Waals surface area contributed by atoms with E-state index in [1.807, 2.05) is 19.1 Å². The molecule has 0 N–H and O–H groups in total. The number of aryl methyl sites for hydroxylation is 1. The summed E-state index contributed by atoms with van der Waals surface area (Å²) in [6.07, 6.45) is 4.38. The number of ether oxygens (including phenoxy) is 2. The molecule has 0 atom stereocenters. The largest absolute Gasteiger partial charge is 0.493 e. The van der Waals surface area contributed by atoms with E-state index in [9.17, 15) is 13.2 Å². The first-order valence-corrected chi connectivity index (χ1v) is 12.7. The molecule has 0 unspecified atom stereocenters. The SMILES string of the molecule is CCCCCCOc1ccc(-c2ccc(OCc3ccc(-c4ccc(C)cc4)c(F)c3F)cc2)c(F)c1. The summed E-state index contributed by atoms with van der Waals surface area (Å²) in [5.74, 6) is -1.21. The smallest absolute Gasteiger partial charge is 0.167 e. The Morgan fingerprint density at radius 2 is 1.27 bits per heavy atom. The molecule has 0 bridgehead atoms. The number of halogens is 3. The maximum absolute atomic E-state index is 14.7. The van der Waals surface area contributed by atoms with Crippen LogP contribution in [0.4, 0.5) is 13.2 Å². The van der Waals surface area contributed by atoms with Crippen molar-refractivity contribution in [3.05, 3.63) is 107 Å². The number of hydrogen-bond donors (Lipinski definition) is 0. The van der Waals surface area contributed by atoms with E-state index < -0.39 is 11.6 Å². The van der Waals surface area contributed by atoms with Gasteiger partial charge in [-0.3, -0.25) is 0 Å². The highest BCUT2D eigenvalue weighted by molar-refractivity contribution is 5.66. The van der Waals surface area contributed by atoms with Crippen LogP contribution >= 0.6 is 0 Å². The first kappa shape index (κ1) is 26.3. The lowest BCUT2D eigenvalue weighted by molar-refractivity contribution is 0.297. The number of hydrogen-bond acceptors (Lipinski definition) is 2. The second-order valence-electron chi connectivity index (χ2n) is 9.13. The number of rotatable bonds is 11. The van der Waals surface area contributed by atoms with Gasteiger partial charge in [-0.25, -0.2) is 13.2 Å². The molecule has 37 heavy (non-hydrogen) atoms. The standard InChI is InChI=1S/C32H31F3O2/c1-3-4-5-6-19-36-27-16-18-28(30(33)20-27)23-11-14-26(15-12-23)37-21-25-13-17-29(32(35)31(25)34)24-9-7-22(2)8-10-24/h7-18,20H,3-6,19,21H2,1-2H3. The first-order valence-electron chi connectivity index (χ1n) is 12.7. The molecule has 0 heterocycles. The van der Waals surface area contributed by atoms with Crippen molar-refractivity contribution in [2.75, 3.05) is 6.61 Å². The van der Waals surface area contributed by atoms with Crippen LogP contribution in [0.1, 0.15) is 43.7 Å². The van der Waals surface area contributed by atoms with Crippen molar-refractivity contribution in [1.82, 2.24) is 0 Å². The monoisotopic (exact) mass is 504 g/mol. The lowest BCUT2D eigenvalue weighted by atomic mass is 10.0. The molecule has 0 aliphatic rings. The number of benzene rings is 4. The van der Waals surface area contributed by atoms with Crippen molar-refractivity contribution >= 4 is 0 Å². The van der Waals surface area contributed by atoms with Crippen LogP contribution < -0.4 is 9.47 Å². The van der Waals surface area contributed by atoms with E-state index in [0.717, 1.165) is 24.8 Å². The van der Waals surface area contributed by atoms with Gasteiger partial charge in [0, 0.05) is 22.8 Å². The molecule has 4 aromatic rings. The minimum absolute atomic E-state index is 0.119. The summed E-state index contributed by atoms with van der Waals surface area (Å²) in [5, 5.41) is 0. The van der Waals surface area contributed by atoms with Gasteiger partial charge >= 0.3 is 0 Å². The predicted octanol–water partition coefficient (Wildman–Crippen LogP) is 9.28. The molecule has 0 saturated heterocycles. The summed E-state index contributed by atoms with van der Waals surface area (Å²) in [7, 11) is 0. The molecule has 0 aliphatic carbocycles. The van der Waals surface area contributed by atoms with E-state index in [1.165, 1.54) is 18.6 Å². The minimum atomic E-state index is -0.926. The topological polar surface area (TPSA) is 18.5 Å². The Hall–Kier alpha value is -3.73. The second kappa shape index (κ2) is 12.5. The second-order valence-corrected chi connectivity index (χ2v) is 9.13. The highest BCUT2D eigenvalue weighted by Crippen LogP contribution is 2.30.